The van der Waals surface area contributed by atoms with Crippen molar-refractivity contribution in [3.8, 4) is 0 Å². The van der Waals surface area contributed by atoms with E-state index in [0.717, 1.165) is 0 Å². The molecule has 0 rings (SSSR count). The number of hydrogen-bond donors (Lipinski definition) is 1. The molecule has 0 aliphatic carbocycles. The molecule has 0 fully saturated rings. The van der Waals surface area contributed by atoms with E-state index in [-0.39, 0.29) is 57.0 Å². The van der Waals surface area contributed by atoms with Crippen molar-refractivity contribution in [2.45, 2.75) is 13.8 Å². The zero-order valence-corrected chi connectivity index (χ0v) is 9.78. The fourth-order valence-corrected chi connectivity index (χ4v) is 0. The Labute approximate surface area is 87.9 Å². The first-order chi connectivity index (χ1) is 2.27. The van der Waals surface area contributed by atoms with Crippen molar-refractivity contribution in [1.82, 2.24) is 0 Å². The van der Waals surface area contributed by atoms with E-state index in [9.17, 15) is 0 Å². The van der Waals surface area contributed by atoms with E-state index in [2.05, 4.69) is 0 Å². The predicted molar refractivity (Wildman–Crippen MR) is 27.7 cm³/mol. The van der Waals surface area contributed by atoms with E-state index in [1.165, 1.54) is 0 Å². The van der Waals surface area contributed by atoms with Gasteiger partial charge in [0.05, 0.1) is 0 Å². The third kappa shape index (κ3) is 25.3. The number of rotatable bonds is 1. The van der Waals surface area contributed by atoms with Crippen LogP contribution in [0, 0.1) is 5.92 Å². The topological polar surface area (TPSA) is 20.2 Å². The maximum Gasteiger partial charge on any atom is 2.00 e. The standard InChI is InChI=1S/C4H10O.2BrH.Mg/c1-4(2)3-5;;;/h4-5H,3H2,1-2H3;2*1H;/q;;;+2/p-2. The summed E-state index contributed by atoms with van der Waals surface area (Å²) in [6.07, 6.45) is 0. The summed E-state index contributed by atoms with van der Waals surface area (Å²) in [6.45, 7) is 4.25. The number of hydrogen-bond acceptors (Lipinski definition) is 1. The van der Waals surface area contributed by atoms with Crippen LogP contribution in [-0.4, -0.2) is 34.8 Å². The maximum atomic E-state index is 8.14. The Bertz CT molecular complexity index is 28.0. The first kappa shape index (κ1) is 22.6. The zero-order valence-electron chi connectivity index (χ0n) is 5.19. The Balaban J connectivity index is -0.0000000267. The molecule has 1 N–H and O–H groups in total. The predicted octanol–water partition coefficient (Wildman–Crippen LogP) is -5.74. The minimum Gasteiger partial charge on any atom is -1.00 e. The molecule has 0 aliphatic rings. The van der Waals surface area contributed by atoms with Crippen LogP contribution in [0.1, 0.15) is 13.8 Å². The molecule has 0 aromatic carbocycles. The zero-order chi connectivity index (χ0) is 4.28. The summed E-state index contributed by atoms with van der Waals surface area (Å²) in [5.41, 5.74) is 0. The van der Waals surface area contributed by atoms with Crippen molar-refractivity contribution in [2.75, 3.05) is 6.61 Å². The molecule has 8 heavy (non-hydrogen) atoms. The number of aliphatic hydroxyl groups excluding tert-OH is 1. The van der Waals surface area contributed by atoms with Crippen LogP contribution in [-0.2, 0) is 0 Å². The summed E-state index contributed by atoms with van der Waals surface area (Å²) in [5.74, 6) is 0.440. The van der Waals surface area contributed by atoms with Crippen LogP contribution >= 0.6 is 0 Å². The van der Waals surface area contributed by atoms with Gasteiger partial charge in [-0.25, -0.2) is 0 Å². The van der Waals surface area contributed by atoms with Crippen LogP contribution in [0.25, 0.3) is 0 Å². The van der Waals surface area contributed by atoms with Crippen LogP contribution in [0.5, 0.6) is 0 Å². The number of aliphatic hydroxyl groups is 1. The van der Waals surface area contributed by atoms with Gasteiger partial charge in [0.2, 0.25) is 0 Å². The van der Waals surface area contributed by atoms with Crippen LogP contribution < -0.4 is 34.0 Å². The third-order valence-corrected chi connectivity index (χ3v) is 0.365. The van der Waals surface area contributed by atoms with Crippen molar-refractivity contribution in [3.63, 3.8) is 0 Å². The molecule has 0 unspecified atom stereocenters. The summed E-state index contributed by atoms with van der Waals surface area (Å²) in [4.78, 5) is 0. The fraction of sp³-hybridized carbons (Fsp3) is 1.00. The molecule has 0 radical (unpaired) electrons. The minimum atomic E-state index is 0. The first-order valence-corrected chi connectivity index (χ1v) is 1.88. The van der Waals surface area contributed by atoms with E-state index in [1.807, 2.05) is 13.8 Å². The molecule has 0 saturated heterocycles. The maximum absolute atomic E-state index is 8.14. The molecular weight excluding hydrogens is 248 g/mol. The average molecular weight is 258 g/mol. The molecule has 0 atom stereocenters. The fourth-order valence-electron chi connectivity index (χ4n) is 0. The second-order valence-corrected chi connectivity index (χ2v) is 1.58. The molecule has 0 saturated carbocycles. The number of halogens is 2. The molecule has 0 aromatic heterocycles. The third-order valence-electron chi connectivity index (χ3n) is 0.365. The Morgan fingerprint density at radius 1 is 1.25 bits per heavy atom. The molecule has 0 aromatic rings. The van der Waals surface area contributed by atoms with Gasteiger partial charge >= 0.3 is 23.1 Å². The van der Waals surface area contributed by atoms with Gasteiger partial charge in [-0.3, -0.25) is 0 Å². The van der Waals surface area contributed by atoms with Crippen molar-refractivity contribution in [1.29, 1.82) is 0 Å². The average Bonchev–Trinajstić information content (AvgIpc) is 1.38. The summed E-state index contributed by atoms with van der Waals surface area (Å²) in [5, 5.41) is 8.14. The molecular formula is C4H10Br2MgO. The second kappa shape index (κ2) is 15.9. The van der Waals surface area contributed by atoms with Gasteiger partial charge in [0.25, 0.3) is 0 Å². The van der Waals surface area contributed by atoms with E-state index in [1.54, 1.807) is 0 Å². The van der Waals surface area contributed by atoms with Gasteiger partial charge in [-0.1, -0.05) is 13.8 Å². The summed E-state index contributed by atoms with van der Waals surface area (Å²) in [6, 6.07) is 0. The Hall–Kier alpha value is 1.69. The van der Waals surface area contributed by atoms with Crippen molar-refractivity contribution < 1.29 is 39.1 Å². The monoisotopic (exact) mass is 256 g/mol. The van der Waals surface area contributed by atoms with Crippen LogP contribution in [0.15, 0.2) is 0 Å². The van der Waals surface area contributed by atoms with Gasteiger partial charge in [-0.05, 0) is 5.92 Å². The summed E-state index contributed by atoms with van der Waals surface area (Å²) in [7, 11) is 0. The van der Waals surface area contributed by atoms with Crippen molar-refractivity contribution in [2.24, 2.45) is 5.92 Å². The summed E-state index contributed by atoms with van der Waals surface area (Å²) >= 11 is 0. The molecule has 0 heterocycles. The Morgan fingerprint density at radius 3 is 1.38 bits per heavy atom. The van der Waals surface area contributed by atoms with E-state index < -0.39 is 0 Å². The molecule has 0 bridgehead atoms. The van der Waals surface area contributed by atoms with Crippen LogP contribution in [0.3, 0.4) is 0 Å². The van der Waals surface area contributed by atoms with Crippen molar-refractivity contribution in [3.05, 3.63) is 0 Å². The van der Waals surface area contributed by atoms with Gasteiger partial charge in [-0.2, -0.15) is 0 Å². The molecule has 1 nitrogen and oxygen atoms in total. The molecule has 4 heteroatoms. The molecule has 48 valence electrons. The van der Waals surface area contributed by atoms with E-state index in [0.29, 0.717) is 12.5 Å². The van der Waals surface area contributed by atoms with Gasteiger partial charge in [0.1, 0.15) is 0 Å². The smallest absolute Gasteiger partial charge is 1.00 e. The van der Waals surface area contributed by atoms with E-state index >= 15 is 0 Å². The van der Waals surface area contributed by atoms with Crippen LogP contribution in [0.2, 0.25) is 0 Å². The van der Waals surface area contributed by atoms with Gasteiger partial charge in [0, 0.05) is 6.61 Å². The van der Waals surface area contributed by atoms with Gasteiger partial charge < -0.3 is 39.1 Å². The van der Waals surface area contributed by atoms with Gasteiger partial charge in [0.15, 0.2) is 0 Å². The largest absolute Gasteiger partial charge is 2.00 e. The Morgan fingerprint density at radius 2 is 1.38 bits per heavy atom. The molecule has 0 amide bonds. The molecule has 0 aliphatic heterocycles. The SMILES string of the molecule is CC(C)CO.[Br-].[Br-].[Mg+2]. The second-order valence-electron chi connectivity index (χ2n) is 1.58. The normalized spacial score (nSPS) is 6.00. The first-order valence-electron chi connectivity index (χ1n) is 1.88. The molecule has 0 spiro atoms. The van der Waals surface area contributed by atoms with E-state index in [4.69, 9.17) is 5.11 Å². The van der Waals surface area contributed by atoms with Gasteiger partial charge in [-0.15, -0.1) is 0 Å². The quantitative estimate of drug-likeness (QED) is 0.465. The Kier molecular flexibility index (Phi) is 44.8. The minimum absolute atomic E-state index is 0. The summed E-state index contributed by atoms with van der Waals surface area (Å²) < 4.78 is 0. The van der Waals surface area contributed by atoms with Crippen LogP contribution in [0.4, 0.5) is 0 Å². The van der Waals surface area contributed by atoms with Crippen molar-refractivity contribution >= 4 is 23.1 Å².